The van der Waals surface area contributed by atoms with Gasteiger partial charge in [0, 0.05) is 23.7 Å². The molecule has 0 unspecified atom stereocenters. The van der Waals surface area contributed by atoms with Crippen LogP contribution in [0.1, 0.15) is 43.0 Å². The topological polar surface area (TPSA) is 71.5 Å². The third-order valence-electron chi connectivity index (χ3n) is 4.61. The lowest BCUT2D eigenvalue weighted by Gasteiger charge is -2.33. The average Bonchev–Trinajstić information content (AvgIpc) is 2.56. The van der Waals surface area contributed by atoms with Crippen LogP contribution in [-0.2, 0) is 0 Å². The molecule has 1 aliphatic carbocycles. The van der Waals surface area contributed by atoms with Crippen molar-refractivity contribution >= 4 is 28.4 Å². The molecule has 8 heteroatoms. The van der Waals surface area contributed by atoms with Crippen molar-refractivity contribution in [3.8, 4) is 5.75 Å². The molecular weight excluding hydrogens is 366 g/mol. The number of rotatable bonds is 4. The molecule has 140 valence electrons. The van der Waals surface area contributed by atoms with Crippen LogP contribution in [0.25, 0.3) is 10.9 Å². The molecule has 1 saturated carbocycles. The Balaban J connectivity index is 1.75. The zero-order chi connectivity index (χ0) is 18.9. The van der Waals surface area contributed by atoms with Crippen molar-refractivity contribution in [2.45, 2.75) is 50.9 Å². The molecule has 1 aliphatic rings. The number of nitrogens with one attached hydrogen (secondary N) is 1. The maximum atomic E-state index is 12.4. The van der Waals surface area contributed by atoms with Crippen molar-refractivity contribution in [1.29, 1.82) is 0 Å². The number of hydrogen-bond donors (Lipinski definition) is 2. The average molecular weight is 385 g/mol. The van der Waals surface area contributed by atoms with Gasteiger partial charge in [-0.1, -0.05) is 11.6 Å². The van der Waals surface area contributed by atoms with Crippen LogP contribution in [0.5, 0.6) is 5.75 Å². The lowest BCUT2D eigenvalue weighted by Crippen LogP contribution is -2.42. The van der Waals surface area contributed by atoms with Crippen molar-refractivity contribution in [3.63, 3.8) is 0 Å². The smallest absolute Gasteiger partial charge is 0.387 e. The summed E-state index contributed by atoms with van der Waals surface area (Å²) in [5.74, 6) is -0.428. The third-order valence-corrected chi connectivity index (χ3v) is 4.91. The van der Waals surface area contributed by atoms with Gasteiger partial charge in [0.15, 0.2) is 0 Å². The SMILES string of the molecule is C[C@]1(O)CC[C@@H](NC(=O)c2cnc3cc(OC(F)F)c(Cl)cc3c2)CC1. The number of pyridine rings is 1. The van der Waals surface area contributed by atoms with Crippen LogP contribution in [-0.4, -0.2) is 34.3 Å². The van der Waals surface area contributed by atoms with Gasteiger partial charge in [-0.05, 0) is 44.7 Å². The molecule has 0 bridgehead atoms. The Bertz CT molecular complexity index is 819. The van der Waals surface area contributed by atoms with E-state index < -0.39 is 12.2 Å². The van der Waals surface area contributed by atoms with Gasteiger partial charge in [0.05, 0.1) is 21.7 Å². The highest BCUT2D eigenvalue weighted by atomic mass is 35.5. The first-order valence-corrected chi connectivity index (χ1v) is 8.69. The fourth-order valence-corrected chi connectivity index (χ4v) is 3.31. The van der Waals surface area contributed by atoms with Crippen LogP contribution in [0.4, 0.5) is 8.78 Å². The summed E-state index contributed by atoms with van der Waals surface area (Å²) in [6.07, 6.45) is 4.07. The molecule has 2 aromatic rings. The van der Waals surface area contributed by atoms with Crippen LogP contribution >= 0.6 is 11.6 Å². The second kappa shape index (κ2) is 7.32. The van der Waals surface area contributed by atoms with Gasteiger partial charge in [-0.3, -0.25) is 9.78 Å². The van der Waals surface area contributed by atoms with E-state index in [1.807, 2.05) is 0 Å². The van der Waals surface area contributed by atoms with Gasteiger partial charge in [0.25, 0.3) is 5.91 Å². The number of hydrogen-bond acceptors (Lipinski definition) is 4. The molecule has 0 aliphatic heterocycles. The molecule has 0 saturated heterocycles. The number of ether oxygens (including phenoxy) is 1. The Morgan fingerprint density at radius 2 is 2.08 bits per heavy atom. The van der Waals surface area contributed by atoms with Crippen LogP contribution in [0.3, 0.4) is 0 Å². The molecule has 0 radical (unpaired) electrons. The van der Waals surface area contributed by atoms with Gasteiger partial charge < -0.3 is 15.2 Å². The number of carbonyl (C=O) groups is 1. The number of carbonyl (C=O) groups excluding carboxylic acids is 1. The molecule has 26 heavy (non-hydrogen) atoms. The molecular formula is C18H19ClF2N2O3. The first-order valence-electron chi connectivity index (χ1n) is 8.31. The minimum atomic E-state index is -2.98. The number of fused-ring (bicyclic) bond motifs is 1. The van der Waals surface area contributed by atoms with Gasteiger partial charge in [-0.15, -0.1) is 0 Å². The summed E-state index contributed by atoms with van der Waals surface area (Å²) < 4.78 is 29.1. The van der Waals surface area contributed by atoms with Gasteiger partial charge in [0.1, 0.15) is 5.75 Å². The summed E-state index contributed by atoms with van der Waals surface area (Å²) in [5.41, 5.74) is 0.0873. The van der Waals surface area contributed by atoms with E-state index in [0.717, 1.165) is 0 Å². The molecule has 1 fully saturated rings. The highest BCUT2D eigenvalue weighted by Crippen LogP contribution is 2.31. The summed E-state index contributed by atoms with van der Waals surface area (Å²) in [4.78, 5) is 16.6. The highest BCUT2D eigenvalue weighted by molar-refractivity contribution is 6.32. The molecule has 1 amide bonds. The van der Waals surface area contributed by atoms with Crippen molar-refractivity contribution in [2.24, 2.45) is 0 Å². The largest absolute Gasteiger partial charge is 0.433 e. The normalized spacial score (nSPS) is 23.2. The number of halogens is 3. The monoisotopic (exact) mass is 384 g/mol. The first kappa shape index (κ1) is 18.8. The fraction of sp³-hybridized carbons (Fsp3) is 0.444. The molecule has 3 rings (SSSR count). The Morgan fingerprint density at radius 3 is 2.73 bits per heavy atom. The summed E-state index contributed by atoms with van der Waals surface area (Å²) >= 11 is 5.95. The van der Waals surface area contributed by atoms with Crippen LogP contribution in [0, 0.1) is 0 Å². The van der Waals surface area contributed by atoms with E-state index in [1.54, 1.807) is 13.0 Å². The third kappa shape index (κ3) is 4.40. The van der Waals surface area contributed by atoms with E-state index in [2.05, 4.69) is 15.0 Å². The first-order chi connectivity index (χ1) is 12.2. The number of alkyl halides is 2. The zero-order valence-corrected chi connectivity index (χ0v) is 14.9. The van der Waals surface area contributed by atoms with Crippen molar-refractivity contribution in [1.82, 2.24) is 10.3 Å². The molecule has 1 aromatic carbocycles. The van der Waals surface area contributed by atoms with Gasteiger partial charge in [-0.2, -0.15) is 8.78 Å². The van der Waals surface area contributed by atoms with E-state index in [9.17, 15) is 18.7 Å². The van der Waals surface area contributed by atoms with Crippen molar-refractivity contribution in [2.75, 3.05) is 0 Å². The second-order valence-corrected chi connectivity index (χ2v) is 7.23. The van der Waals surface area contributed by atoms with Crippen LogP contribution < -0.4 is 10.1 Å². The highest BCUT2D eigenvalue weighted by Gasteiger charge is 2.29. The molecule has 0 atom stereocenters. The molecule has 2 N–H and O–H groups in total. The molecule has 0 spiro atoms. The Hall–Kier alpha value is -1.99. The minimum absolute atomic E-state index is 0.00354. The number of aliphatic hydroxyl groups is 1. The maximum Gasteiger partial charge on any atom is 0.387 e. The van der Waals surface area contributed by atoms with Crippen molar-refractivity contribution < 1.29 is 23.4 Å². The number of nitrogens with zero attached hydrogens (tertiary/aromatic N) is 1. The van der Waals surface area contributed by atoms with Gasteiger partial charge in [-0.25, -0.2) is 0 Å². The molecule has 5 nitrogen and oxygen atoms in total. The summed E-state index contributed by atoms with van der Waals surface area (Å²) in [5, 5.41) is 13.5. The lowest BCUT2D eigenvalue weighted by molar-refractivity contribution is -0.0497. The van der Waals surface area contributed by atoms with E-state index in [1.165, 1.54) is 18.3 Å². The van der Waals surface area contributed by atoms with E-state index >= 15 is 0 Å². The number of benzene rings is 1. The minimum Gasteiger partial charge on any atom is -0.433 e. The van der Waals surface area contributed by atoms with E-state index in [4.69, 9.17) is 11.6 Å². The molecule has 1 aromatic heterocycles. The second-order valence-electron chi connectivity index (χ2n) is 6.82. The Morgan fingerprint density at radius 1 is 1.38 bits per heavy atom. The van der Waals surface area contributed by atoms with E-state index in [0.29, 0.717) is 42.1 Å². The van der Waals surface area contributed by atoms with Gasteiger partial charge >= 0.3 is 6.61 Å². The van der Waals surface area contributed by atoms with Crippen LogP contribution in [0.15, 0.2) is 24.4 Å². The fourth-order valence-electron chi connectivity index (χ4n) is 3.09. The number of aromatic nitrogens is 1. The number of amides is 1. The van der Waals surface area contributed by atoms with E-state index in [-0.39, 0.29) is 22.7 Å². The lowest BCUT2D eigenvalue weighted by atomic mass is 9.83. The van der Waals surface area contributed by atoms with Crippen molar-refractivity contribution in [3.05, 3.63) is 35.0 Å². The summed E-state index contributed by atoms with van der Waals surface area (Å²) in [6.45, 7) is -1.18. The quantitative estimate of drug-likeness (QED) is 0.838. The predicted molar refractivity (Wildman–Crippen MR) is 93.7 cm³/mol. The molecule has 1 heterocycles. The summed E-state index contributed by atoms with van der Waals surface area (Å²) in [7, 11) is 0. The summed E-state index contributed by atoms with van der Waals surface area (Å²) in [6, 6.07) is 4.36. The zero-order valence-electron chi connectivity index (χ0n) is 14.1. The standard InChI is InChI=1S/C18H19ClF2N2O3/c1-18(25)4-2-12(3-5-18)23-16(24)11-6-10-7-13(19)15(26-17(20)21)8-14(10)22-9-11/h6-9,12,17,25H,2-5H2,1H3,(H,23,24)/t12-,18+. The predicted octanol–water partition coefficient (Wildman–Crippen LogP) is 3.91. The Kier molecular flexibility index (Phi) is 5.29. The van der Waals surface area contributed by atoms with Gasteiger partial charge in [0.2, 0.25) is 0 Å². The maximum absolute atomic E-state index is 12.4. The van der Waals surface area contributed by atoms with Crippen LogP contribution in [0.2, 0.25) is 5.02 Å². The Labute approximate surface area is 154 Å².